The number of aryl methyl sites for hydroxylation is 2. The summed E-state index contributed by atoms with van der Waals surface area (Å²) in [5, 5.41) is 4.18. The highest BCUT2D eigenvalue weighted by molar-refractivity contribution is 6.35. The molecular formula is C26H26ClN7O4. The van der Waals surface area contributed by atoms with Crippen molar-refractivity contribution in [1.29, 1.82) is 0 Å². The maximum Gasteiger partial charge on any atom is 0.419 e. The van der Waals surface area contributed by atoms with E-state index in [1.54, 1.807) is 88.2 Å². The molecule has 0 aliphatic rings. The Morgan fingerprint density at radius 3 is 2.47 bits per heavy atom. The first-order valence-electron chi connectivity index (χ1n) is 11.8. The minimum Gasteiger partial charge on any atom is -0.443 e. The zero-order valence-electron chi connectivity index (χ0n) is 21.5. The predicted molar refractivity (Wildman–Crippen MR) is 145 cm³/mol. The quantitative estimate of drug-likeness (QED) is 0.369. The lowest BCUT2D eigenvalue weighted by Gasteiger charge is -2.21. The minimum absolute atomic E-state index is 0.190. The molecule has 0 saturated carbocycles. The molecule has 0 aliphatic heterocycles. The Morgan fingerprint density at radius 2 is 1.79 bits per heavy atom. The van der Waals surface area contributed by atoms with Crippen LogP contribution in [0.2, 0.25) is 5.02 Å². The third-order valence-electron chi connectivity index (χ3n) is 6.06. The number of imidazole rings is 1. The molecule has 0 aliphatic carbocycles. The maximum absolute atomic E-state index is 13.7. The van der Waals surface area contributed by atoms with Gasteiger partial charge in [-0.1, -0.05) is 17.7 Å². The number of rotatable bonds is 4. The van der Waals surface area contributed by atoms with Gasteiger partial charge in [-0.15, -0.1) is 0 Å². The molecule has 0 amide bonds. The number of anilines is 2. The summed E-state index contributed by atoms with van der Waals surface area (Å²) >= 11 is 6.42. The fraction of sp³-hybridized carbons (Fsp3) is 0.269. The molecule has 1 N–H and O–H groups in total. The van der Waals surface area contributed by atoms with Crippen molar-refractivity contribution in [3.8, 4) is 0 Å². The van der Waals surface area contributed by atoms with Gasteiger partial charge in [-0.25, -0.2) is 14.2 Å². The fourth-order valence-electron chi connectivity index (χ4n) is 4.31. The second-order valence-electron chi connectivity index (χ2n) is 9.88. The van der Waals surface area contributed by atoms with Crippen LogP contribution >= 0.6 is 11.6 Å². The zero-order valence-corrected chi connectivity index (χ0v) is 22.3. The molecule has 196 valence electrons. The van der Waals surface area contributed by atoms with Gasteiger partial charge in [0.25, 0.3) is 5.56 Å². The number of benzene rings is 1. The first-order valence-corrected chi connectivity index (χ1v) is 12.2. The van der Waals surface area contributed by atoms with Gasteiger partial charge in [-0.05, 0) is 51.1 Å². The number of halogens is 1. The highest BCUT2D eigenvalue weighted by Crippen LogP contribution is 2.28. The Labute approximate surface area is 221 Å². The summed E-state index contributed by atoms with van der Waals surface area (Å²) < 4.78 is 10.9. The monoisotopic (exact) mass is 535 g/mol. The standard InChI is InChI=1S/C26H26ClN7O4/c1-26(2,3)38-25(37)34-16(13-17-18(27)7-6-8-19(17)34)14-33-22(35)20-21(32(5)24(33)36)30-23(31(20)4)29-15-9-11-28-12-10-15/h6-13H,14H2,1-5H3,(H,28,29,30). The van der Waals surface area contributed by atoms with Crippen LogP contribution in [-0.2, 0) is 25.4 Å². The van der Waals surface area contributed by atoms with E-state index >= 15 is 0 Å². The normalized spacial score (nSPS) is 11.8. The summed E-state index contributed by atoms with van der Waals surface area (Å²) in [4.78, 5) is 48.8. The molecule has 0 radical (unpaired) electrons. The Hall–Kier alpha value is -4.38. The third-order valence-corrected chi connectivity index (χ3v) is 6.39. The Kier molecular flexibility index (Phi) is 6.10. The summed E-state index contributed by atoms with van der Waals surface area (Å²) in [7, 11) is 3.23. The van der Waals surface area contributed by atoms with E-state index in [-0.39, 0.29) is 17.7 Å². The van der Waals surface area contributed by atoms with Crippen LogP contribution in [0.15, 0.2) is 58.4 Å². The molecule has 0 fully saturated rings. The lowest BCUT2D eigenvalue weighted by Crippen LogP contribution is -2.40. The van der Waals surface area contributed by atoms with E-state index in [4.69, 9.17) is 16.3 Å². The minimum atomic E-state index is -0.762. The highest BCUT2D eigenvalue weighted by Gasteiger charge is 2.25. The predicted octanol–water partition coefficient (Wildman–Crippen LogP) is 4.01. The molecule has 38 heavy (non-hydrogen) atoms. The van der Waals surface area contributed by atoms with Crippen LogP contribution in [0.1, 0.15) is 26.5 Å². The maximum atomic E-state index is 13.7. The van der Waals surface area contributed by atoms with Gasteiger partial charge in [0.15, 0.2) is 11.2 Å². The topological polar surface area (TPSA) is 118 Å². The van der Waals surface area contributed by atoms with Crippen molar-refractivity contribution >= 4 is 51.4 Å². The van der Waals surface area contributed by atoms with Crippen LogP contribution in [0.5, 0.6) is 0 Å². The number of fused-ring (bicyclic) bond motifs is 2. The molecule has 11 nitrogen and oxygen atoms in total. The van der Waals surface area contributed by atoms with Crippen LogP contribution in [-0.4, -0.2) is 39.9 Å². The molecule has 5 aromatic rings. The zero-order chi connectivity index (χ0) is 27.4. The number of carbonyl (C=O) groups excluding carboxylic acids is 1. The van der Waals surface area contributed by atoms with Crippen molar-refractivity contribution in [2.24, 2.45) is 14.1 Å². The summed E-state index contributed by atoms with van der Waals surface area (Å²) in [5.74, 6) is 0.380. The average Bonchev–Trinajstić information content (AvgIpc) is 3.39. The molecule has 4 aromatic heterocycles. The number of nitrogens with zero attached hydrogens (tertiary/aromatic N) is 6. The summed E-state index contributed by atoms with van der Waals surface area (Å²) in [6, 6.07) is 10.4. The molecule has 0 atom stereocenters. The van der Waals surface area contributed by atoms with Crippen LogP contribution in [0.3, 0.4) is 0 Å². The first kappa shape index (κ1) is 25.3. The number of nitrogens with one attached hydrogen (secondary N) is 1. The smallest absolute Gasteiger partial charge is 0.419 e. The molecular weight excluding hydrogens is 510 g/mol. The lowest BCUT2D eigenvalue weighted by molar-refractivity contribution is 0.0540. The van der Waals surface area contributed by atoms with Crippen molar-refractivity contribution in [2.75, 3.05) is 5.32 Å². The van der Waals surface area contributed by atoms with Crippen molar-refractivity contribution in [2.45, 2.75) is 32.9 Å². The number of ether oxygens (including phenoxy) is 1. The van der Waals surface area contributed by atoms with Gasteiger partial charge in [0.2, 0.25) is 5.95 Å². The number of pyridine rings is 1. The summed E-state index contributed by atoms with van der Waals surface area (Å²) in [6.07, 6.45) is 2.62. The van der Waals surface area contributed by atoms with Crippen molar-refractivity contribution in [3.63, 3.8) is 0 Å². The van der Waals surface area contributed by atoms with Crippen LogP contribution < -0.4 is 16.6 Å². The van der Waals surface area contributed by atoms with E-state index in [0.29, 0.717) is 27.6 Å². The van der Waals surface area contributed by atoms with E-state index in [1.165, 1.54) is 9.13 Å². The molecule has 12 heteroatoms. The van der Waals surface area contributed by atoms with E-state index in [0.717, 1.165) is 10.3 Å². The summed E-state index contributed by atoms with van der Waals surface area (Å²) in [6.45, 7) is 5.09. The summed E-state index contributed by atoms with van der Waals surface area (Å²) in [5.41, 5.74) is 0.170. The Morgan fingerprint density at radius 1 is 1.08 bits per heavy atom. The van der Waals surface area contributed by atoms with Crippen molar-refractivity contribution < 1.29 is 9.53 Å². The molecule has 1 aromatic carbocycles. The van der Waals surface area contributed by atoms with E-state index in [9.17, 15) is 14.4 Å². The molecule has 0 spiro atoms. The second kappa shape index (κ2) is 9.18. The first-order chi connectivity index (χ1) is 18.0. The highest BCUT2D eigenvalue weighted by atomic mass is 35.5. The second-order valence-corrected chi connectivity index (χ2v) is 10.3. The van der Waals surface area contributed by atoms with Crippen molar-refractivity contribution in [3.05, 3.63) is 80.3 Å². The molecule has 0 saturated heterocycles. The average molecular weight is 536 g/mol. The van der Waals surface area contributed by atoms with Gasteiger partial charge in [0.05, 0.1) is 17.8 Å². The lowest BCUT2D eigenvalue weighted by atomic mass is 10.2. The van der Waals surface area contributed by atoms with E-state index in [1.807, 2.05) is 0 Å². The van der Waals surface area contributed by atoms with Gasteiger partial charge >= 0.3 is 11.8 Å². The third kappa shape index (κ3) is 4.34. The van der Waals surface area contributed by atoms with Gasteiger partial charge in [-0.2, -0.15) is 4.98 Å². The number of aromatic nitrogens is 6. The Bertz CT molecular complexity index is 1820. The van der Waals surface area contributed by atoms with Crippen LogP contribution in [0, 0.1) is 0 Å². The van der Waals surface area contributed by atoms with Gasteiger partial charge < -0.3 is 14.6 Å². The Balaban J connectivity index is 1.67. The fourth-order valence-corrected chi connectivity index (χ4v) is 4.53. The van der Waals surface area contributed by atoms with Crippen LogP contribution in [0.25, 0.3) is 22.1 Å². The number of carbonyl (C=O) groups is 1. The van der Waals surface area contributed by atoms with Crippen LogP contribution in [0.4, 0.5) is 16.4 Å². The van der Waals surface area contributed by atoms with Crippen molar-refractivity contribution in [1.82, 2.24) is 28.2 Å². The van der Waals surface area contributed by atoms with E-state index in [2.05, 4.69) is 15.3 Å². The van der Waals surface area contributed by atoms with E-state index < -0.39 is 22.9 Å². The number of hydrogen-bond acceptors (Lipinski definition) is 7. The molecule has 0 unspecified atom stereocenters. The van der Waals surface area contributed by atoms with Gasteiger partial charge in [-0.3, -0.25) is 18.9 Å². The largest absolute Gasteiger partial charge is 0.443 e. The molecule has 4 heterocycles. The van der Waals surface area contributed by atoms with Gasteiger partial charge in [0, 0.05) is 42.6 Å². The number of hydrogen-bond donors (Lipinski definition) is 1. The molecule has 5 rings (SSSR count). The SMILES string of the molecule is Cn1c(Nc2ccncc2)nc2c1c(=O)n(Cc1cc3c(Cl)cccc3n1C(=O)OC(C)(C)C)c(=O)n2C. The van der Waals surface area contributed by atoms with Gasteiger partial charge in [0.1, 0.15) is 5.60 Å². The molecule has 0 bridgehead atoms.